The van der Waals surface area contributed by atoms with Crippen molar-refractivity contribution in [2.24, 2.45) is 12.0 Å². The number of hydrogen-bond donors (Lipinski definition) is 0. The molecule has 0 atom stereocenters. The number of halogens is 3. The van der Waals surface area contributed by atoms with Gasteiger partial charge in [-0.1, -0.05) is 11.6 Å². The third kappa shape index (κ3) is 4.46. The molecular formula is C22H15ClF2N6O2S. The zero-order chi connectivity index (χ0) is 24.4. The molecule has 0 spiro atoms. The summed E-state index contributed by atoms with van der Waals surface area (Å²) in [6.07, 6.45) is 7.38. The Labute approximate surface area is 199 Å². The van der Waals surface area contributed by atoms with Crippen molar-refractivity contribution in [2.75, 3.05) is 0 Å². The molecule has 0 aliphatic heterocycles. The summed E-state index contributed by atoms with van der Waals surface area (Å²) in [5.41, 5.74) is -0.0943. The Hall–Kier alpha value is -3.88. The van der Waals surface area contributed by atoms with Gasteiger partial charge in [-0.25, -0.2) is 18.1 Å². The van der Waals surface area contributed by atoms with E-state index in [9.17, 15) is 18.4 Å². The highest BCUT2D eigenvalue weighted by molar-refractivity contribution is 7.22. The zero-order valence-electron chi connectivity index (χ0n) is 17.6. The monoisotopic (exact) mass is 500 g/mol. The first-order valence-electron chi connectivity index (χ1n) is 9.79. The lowest BCUT2D eigenvalue weighted by atomic mass is 10.1. The van der Waals surface area contributed by atoms with E-state index in [2.05, 4.69) is 10.1 Å². The van der Waals surface area contributed by atoms with E-state index in [1.54, 1.807) is 24.1 Å². The van der Waals surface area contributed by atoms with Crippen molar-refractivity contribution in [3.63, 3.8) is 0 Å². The predicted molar refractivity (Wildman–Crippen MR) is 127 cm³/mol. The minimum atomic E-state index is -1.10. The number of fused-ring (bicyclic) bond motifs is 1. The number of thiophene rings is 1. The Bertz CT molecular complexity index is 1620. The van der Waals surface area contributed by atoms with Crippen LogP contribution >= 0.6 is 22.9 Å². The summed E-state index contributed by atoms with van der Waals surface area (Å²) in [6.45, 7) is 0.0284. The first-order chi connectivity index (χ1) is 16.3. The van der Waals surface area contributed by atoms with Crippen LogP contribution in [0.25, 0.3) is 26.9 Å². The Kier molecular flexibility index (Phi) is 6.54. The van der Waals surface area contributed by atoms with Gasteiger partial charge in [0.15, 0.2) is 11.6 Å². The molecule has 0 bridgehead atoms. The molecule has 3 heterocycles. The molecule has 8 nitrogen and oxygen atoms in total. The summed E-state index contributed by atoms with van der Waals surface area (Å²) in [5.74, 6) is -2.19. The fourth-order valence-electron chi connectivity index (χ4n) is 3.26. The van der Waals surface area contributed by atoms with Crippen LogP contribution in [0.3, 0.4) is 0 Å². The Balaban J connectivity index is 1.84. The van der Waals surface area contributed by atoms with Crippen molar-refractivity contribution in [3.05, 3.63) is 79.9 Å². The van der Waals surface area contributed by atoms with E-state index in [4.69, 9.17) is 16.9 Å². The topological polar surface area (TPSA) is 98.0 Å². The van der Waals surface area contributed by atoms with Gasteiger partial charge < -0.3 is 0 Å². The van der Waals surface area contributed by atoms with E-state index in [0.29, 0.717) is 4.88 Å². The minimum absolute atomic E-state index is 0.0210. The highest BCUT2D eigenvalue weighted by Gasteiger charge is 2.18. The highest BCUT2D eigenvalue weighted by Crippen LogP contribution is 2.36. The zero-order valence-corrected chi connectivity index (χ0v) is 19.1. The lowest BCUT2D eigenvalue weighted by Crippen LogP contribution is -2.36. The smallest absolute Gasteiger partial charge is 0.291 e. The summed E-state index contributed by atoms with van der Waals surface area (Å²) in [7, 11) is 1.76. The lowest BCUT2D eigenvalue weighted by molar-refractivity contribution is 0.509. The van der Waals surface area contributed by atoms with Gasteiger partial charge in [0.2, 0.25) is 0 Å². The van der Waals surface area contributed by atoms with E-state index < -0.39 is 22.9 Å². The van der Waals surface area contributed by atoms with Gasteiger partial charge in [0.1, 0.15) is 4.70 Å². The second-order valence-electron chi connectivity index (χ2n) is 7.11. The summed E-state index contributed by atoms with van der Waals surface area (Å²) < 4.78 is 31.3. The summed E-state index contributed by atoms with van der Waals surface area (Å²) in [4.78, 5) is 30.6. The number of benzene rings is 1. The van der Waals surface area contributed by atoms with E-state index in [0.717, 1.165) is 33.6 Å². The molecule has 4 aromatic rings. The molecule has 0 radical (unpaired) electrons. The molecule has 0 saturated heterocycles. The Morgan fingerprint density at radius 2 is 2.03 bits per heavy atom. The van der Waals surface area contributed by atoms with Gasteiger partial charge >= 0.3 is 5.69 Å². The summed E-state index contributed by atoms with van der Waals surface area (Å²) >= 11 is 7.08. The second-order valence-corrected chi connectivity index (χ2v) is 8.57. The summed E-state index contributed by atoms with van der Waals surface area (Å²) in [6, 6.07) is 5.26. The standard InChI is InChI=1S/C22H15ClF2N6O2S/c1-29-12-13(11-28-29)10-27-4-6-31-21(32)20-18(30(22(31)33)5-2-3-26)9-19(34-20)14-7-16(24)17(25)8-15(14)23/h4,6-12H,2,5H2,1H3/b6-4+,27-10?. The van der Waals surface area contributed by atoms with Crippen molar-refractivity contribution >= 4 is 45.6 Å². The number of nitrogens with zero attached hydrogens (tertiary/aromatic N) is 6. The third-order valence-electron chi connectivity index (χ3n) is 4.83. The molecule has 0 amide bonds. The van der Waals surface area contributed by atoms with Gasteiger partial charge in [-0.05, 0) is 18.2 Å². The number of hydrogen-bond acceptors (Lipinski definition) is 6. The number of rotatable bonds is 6. The molecule has 172 valence electrons. The van der Waals surface area contributed by atoms with E-state index in [1.165, 1.54) is 29.2 Å². The fourth-order valence-corrected chi connectivity index (χ4v) is 4.70. The van der Waals surface area contributed by atoms with Crippen LogP contribution in [0.15, 0.2) is 51.4 Å². The van der Waals surface area contributed by atoms with Crippen molar-refractivity contribution in [2.45, 2.75) is 13.0 Å². The van der Waals surface area contributed by atoms with Gasteiger partial charge in [0.05, 0.1) is 29.2 Å². The first-order valence-corrected chi connectivity index (χ1v) is 11.0. The van der Waals surface area contributed by atoms with Gasteiger partial charge in [0.25, 0.3) is 5.56 Å². The average molecular weight is 501 g/mol. The van der Waals surface area contributed by atoms with Crippen LogP contribution in [-0.4, -0.2) is 25.1 Å². The van der Waals surface area contributed by atoms with Crippen LogP contribution in [0.5, 0.6) is 0 Å². The maximum Gasteiger partial charge on any atom is 0.335 e. The van der Waals surface area contributed by atoms with Crippen LogP contribution in [0, 0.1) is 23.0 Å². The minimum Gasteiger partial charge on any atom is -0.291 e. The second kappa shape index (κ2) is 9.54. The maximum atomic E-state index is 13.8. The van der Waals surface area contributed by atoms with Gasteiger partial charge in [-0.3, -0.25) is 19.0 Å². The molecule has 3 aromatic heterocycles. The van der Waals surface area contributed by atoms with E-state index >= 15 is 0 Å². The van der Waals surface area contributed by atoms with Crippen molar-refractivity contribution in [3.8, 4) is 16.5 Å². The van der Waals surface area contributed by atoms with Crippen LogP contribution in [0.2, 0.25) is 5.02 Å². The van der Waals surface area contributed by atoms with Crippen molar-refractivity contribution < 1.29 is 8.78 Å². The van der Waals surface area contributed by atoms with Crippen LogP contribution in [0.1, 0.15) is 12.0 Å². The van der Waals surface area contributed by atoms with E-state index in [1.807, 2.05) is 6.07 Å². The van der Waals surface area contributed by atoms with Crippen molar-refractivity contribution in [1.82, 2.24) is 18.9 Å². The van der Waals surface area contributed by atoms with Crippen LogP contribution in [-0.2, 0) is 13.6 Å². The van der Waals surface area contributed by atoms with Crippen LogP contribution < -0.4 is 11.2 Å². The average Bonchev–Trinajstić information content (AvgIpc) is 3.42. The normalized spacial score (nSPS) is 11.7. The maximum absolute atomic E-state index is 13.8. The van der Waals surface area contributed by atoms with Gasteiger partial charge in [-0.15, -0.1) is 11.3 Å². The van der Waals surface area contributed by atoms with Crippen molar-refractivity contribution in [1.29, 1.82) is 5.26 Å². The molecule has 34 heavy (non-hydrogen) atoms. The number of aryl methyl sites for hydroxylation is 2. The molecule has 1 aromatic carbocycles. The molecule has 12 heteroatoms. The highest BCUT2D eigenvalue weighted by atomic mass is 35.5. The van der Waals surface area contributed by atoms with Crippen LogP contribution in [0.4, 0.5) is 8.78 Å². The summed E-state index contributed by atoms with van der Waals surface area (Å²) in [5, 5.41) is 13.0. The largest absolute Gasteiger partial charge is 0.335 e. The third-order valence-corrected chi connectivity index (χ3v) is 6.28. The molecule has 0 saturated carbocycles. The fraction of sp³-hybridized carbons (Fsp3) is 0.136. The molecule has 0 fully saturated rings. The lowest BCUT2D eigenvalue weighted by Gasteiger charge is -2.07. The molecule has 4 rings (SSSR count). The SMILES string of the molecule is Cn1cc(C=N/C=C/n2c(=O)c3sc(-c4cc(F)c(F)cc4Cl)cc3n(CCC#N)c2=O)cn1. The van der Waals surface area contributed by atoms with E-state index in [-0.39, 0.29) is 33.8 Å². The quantitative estimate of drug-likeness (QED) is 0.295. The van der Waals surface area contributed by atoms with Gasteiger partial charge in [0, 0.05) is 54.4 Å². The number of aliphatic imine (C=N–C) groups is 1. The molecule has 0 unspecified atom stereocenters. The molecule has 0 N–H and O–H groups in total. The number of nitriles is 1. The first kappa shape index (κ1) is 23.3. The Morgan fingerprint density at radius 3 is 2.74 bits per heavy atom. The Morgan fingerprint density at radius 1 is 1.26 bits per heavy atom. The number of aromatic nitrogens is 4. The predicted octanol–water partition coefficient (Wildman–Crippen LogP) is 4.02. The molecule has 0 aliphatic rings. The molecule has 0 aliphatic carbocycles. The molecular weight excluding hydrogens is 486 g/mol. The van der Waals surface area contributed by atoms with Gasteiger partial charge in [-0.2, -0.15) is 10.4 Å².